The molecule has 1 heterocycles. The fraction of sp³-hybridized carbons (Fsp3) is 0.400. The minimum Gasteiger partial charge on any atom is -0.423 e. The molecule has 0 unspecified atom stereocenters. The topological polar surface area (TPSA) is 30.2 Å². The molecule has 1 aliphatic rings. The van der Waals surface area contributed by atoms with E-state index >= 15 is 0 Å². The van der Waals surface area contributed by atoms with Crippen LogP contribution in [0.2, 0.25) is 0 Å². The van der Waals surface area contributed by atoms with E-state index in [-0.39, 0.29) is 5.63 Å². The van der Waals surface area contributed by atoms with Crippen LogP contribution < -0.4 is 5.63 Å². The summed E-state index contributed by atoms with van der Waals surface area (Å²) < 4.78 is 6.07. The van der Waals surface area contributed by atoms with Crippen LogP contribution in [-0.2, 0) is 0 Å². The minimum atomic E-state index is -0.306. The Bertz CT molecular complexity index is 644. The molecule has 0 N–H and O–H groups in total. The van der Waals surface area contributed by atoms with E-state index in [1.807, 2.05) is 23.9 Å². The summed E-state index contributed by atoms with van der Waals surface area (Å²) in [5, 5.41) is 1.66. The maximum absolute atomic E-state index is 11.4. The van der Waals surface area contributed by atoms with Gasteiger partial charge in [-0.1, -0.05) is 19.3 Å². The van der Waals surface area contributed by atoms with Crippen molar-refractivity contribution < 1.29 is 4.42 Å². The number of thioether (sulfide) groups is 1. The summed E-state index contributed by atoms with van der Waals surface area (Å²) in [7, 11) is 0. The highest BCUT2D eigenvalue weighted by Crippen LogP contribution is 2.35. The standard InChI is InChI=1S/C15H15BrO2S/c16-13-9-15(17)18-14-8-11(6-7-12(13)14)19-10-4-2-1-3-5-10/h6-10H,1-5H2. The van der Waals surface area contributed by atoms with Crippen LogP contribution in [0.15, 0.2) is 42.8 Å². The average Bonchev–Trinajstić information content (AvgIpc) is 2.39. The quantitative estimate of drug-likeness (QED) is 0.723. The first-order valence-corrected chi connectivity index (χ1v) is 8.30. The Morgan fingerprint density at radius 3 is 2.74 bits per heavy atom. The first-order chi connectivity index (χ1) is 9.22. The van der Waals surface area contributed by atoms with Gasteiger partial charge in [-0.05, 0) is 47.0 Å². The average molecular weight is 339 g/mol. The molecule has 0 amide bonds. The van der Waals surface area contributed by atoms with E-state index in [1.165, 1.54) is 43.1 Å². The summed E-state index contributed by atoms with van der Waals surface area (Å²) in [4.78, 5) is 12.6. The molecular formula is C15H15BrO2S. The van der Waals surface area contributed by atoms with Gasteiger partial charge in [0.2, 0.25) is 0 Å². The van der Waals surface area contributed by atoms with E-state index in [4.69, 9.17) is 4.42 Å². The summed E-state index contributed by atoms with van der Waals surface area (Å²) in [6.07, 6.45) is 6.64. The molecule has 1 aromatic heterocycles. The van der Waals surface area contributed by atoms with Crippen molar-refractivity contribution in [1.29, 1.82) is 0 Å². The zero-order valence-electron chi connectivity index (χ0n) is 10.5. The fourth-order valence-electron chi connectivity index (χ4n) is 2.55. The van der Waals surface area contributed by atoms with Crippen molar-refractivity contribution in [1.82, 2.24) is 0 Å². The van der Waals surface area contributed by atoms with E-state index in [0.717, 1.165) is 9.86 Å². The predicted octanol–water partition coefficient (Wildman–Crippen LogP) is 4.98. The van der Waals surface area contributed by atoms with E-state index < -0.39 is 0 Å². The molecule has 2 aromatic rings. The molecular weight excluding hydrogens is 324 g/mol. The van der Waals surface area contributed by atoms with Crippen LogP contribution in [0.25, 0.3) is 11.0 Å². The second kappa shape index (κ2) is 5.71. The van der Waals surface area contributed by atoms with Gasteiger partial charge in [0.25, 0.3) is 0 Å². The molecule has 0 saturated heterocycles. The molecule has 0 bridgehead atoms. The summed E-state index contributed by atoms with van der Waals surface area (Å²) in [6, 6.07) is 7.59. The van der Waals surface area contributed by atoms with Crippen LogP contribution in [0.1, 0.15) is 32.1 Å². The van der Waals surface area contributed by atoms with E-state index in [1.54, 1.807) is 0 Å². The van der Waals surface area contributed by atoms with E-state index in [0.29, 0.717) is 10.8 Å². The summed E-state index contributed by atoms with van der Waals surface area (Å²) in [5.74, 6) is 0. The zero-order chi connectivity index (χ0) is 13.2. The summed E-state index contributed by atoms with van der Waals surface area (Å²) in [5.41, 5.74) is 0.361. The Morgan fingerprint density at radius 2 is 1.95 bits per heavy atom. The Balaban J connectivity index is 1.90. The summed E-state index contributed by atoms with van der Waals surface area (Å²) >= 11 is 5.32. The lowest BCUT2D eigenvalue weighted by molar-refractivity contribution is 0.516. The molecule has 1 aromatic carbocycles. The van der Waals surface area contributed by atoms with E-state index in [9.17, 15) is 4.79 Å². The molecule has 0 radical (unpaired) electrons. The largest absolute Gasteiger partial charge is 0.423 e. The van der Waals surface area contributed by atoms with Crippen LogP contribution in [-0.4, -0.2) is 5.25 Å². The lowest BCUT2D eigenvalue weighted by Gasteiger charge is -2.20. The molecule has 19 heavy (non-hydrogen) atoms. The monoisotopic (exact) mass is 338 g/mol. The predicted molar refractivity (Wildman–Crippen MR) is 82.9 cm³/mol. The maximum atomic E-state index is 11.4. The first-order valence-electron chi connectivity index (χ1n) is 6.62. The maximum Gasteiger partial charge on any atom is 0.337 e. The highest BCUT2D eigenvalue weighted by Gasteiger charge is 2.15. The molecule has 4 heteroatoms. The number of hydrogen-bond donors (Lipinski definition) is 0. The van der Waals surface area contributed by atoms with Gasteiger partial charge in [0.05, 0.1) is 0 Å². The van der Waals surface area contributed by atoms with Gasteiger partial charge in [0.15, 0.2) is 0 Å². The second-order valence-corrected chi connectivity index (χ2v) is 7.18. The molecule has 0 aliphatic heterocycles. The van der Waals surface area contributed by atoms with Crippen LogP contribution in [0.5, 0.6) is 0 Å². The Labute approximate surface area is 124 Å². The summed E-state index contributed by atoms with van der Waals surface area (Å²) in [6.45, 7) is 0. The first kappa shape index (κ1) is 13.3. The van der Waals surface area contributed by atoms with Gasteiger partial charge < -0.3 is 4.42 Å². The van der Waals surface area contributed by atoms with Gasteiger partial charge in [-0.2, -0.15) is 0 Å². The van der Waals surface area contributed by atoms with Gasteiger partial charge in [0, 0.05) is 26.1 Å². The molecule has 100 valence electrons. The fourth-order valence-corrected chi connectivity index (χ4v) is 4.34. The Hall–Kier alpha value is -0.740. The van der Waals surface area contributed by atoms with Crippen LogP contribution >= 0.6 is 27.7 Å². The smallest absolute Gasteiger partial charge is 0.337 e. The third-order valence-electron chi connectivity index (χ3n) is 3.52. The molecule has 0 atom stereocenters. The Kier molecular flexibility index (Phi) is 3.99. The van der Waals surface area contributed by atoms with Crippen molar-refractivity contribution >= 4 is 38.7 Å². The van der Waals surface area contributed by atoms with Gasteiger partial charge >= 0.3 is 5.63 Å². The second-order valence-electron chi connectivity index (χ2n) is 4.95. The number of rotatable bonds is 2. The van der Waals surface area contributed by atoms with Crippen molar-refractivity contribution in [2.45, 2.75) is 42.2 Å². The van der Waals surface area contributed by atoms with Crippen LogP contribution in [0.4, 0.5) is 0 Å². The minimum absolute atomic E-state index is 0.306. The van der Waals surface area contributed by atoms with Gasteiger partial charge in [-0.15, -0.1) is 11.8 Å². The van der Waals surface area contributed by atoms with Crippen molar-refractivity contribution in [3.63, 3.8) is 0 Å². The molecule has 1 fully saturated rings. The number of fused-ring (bicyclic) bond motifs is 1. The lowest BCUT2D eigenvalue weighted by atomic mass is 10.0. The molecule has 0 spiro atoms. The molecule has 1 aliphatic carbocycles. The van der Waals surface area contributed by atoms with Crippen molar-refractivity contribution in [2.24, 2.45) is 0 Å². The van der Waals surface area contributed by atoms with Gasteiger partial charge in [-0.3, -0.25) is 0 Å². The van der Waals surface area contributed by atoms with Crippen molar-refractivity contribution in [3.8, 4) is 0 Å². The van der Waals surface area contributed by atoms with Crippen molar-refractivity contribution in [2.75, 3.05) is 0 Å². The highest BCUT2D eigenvalue weighted by molar-refractivity contribution is 9.10. The third-order valence-corrected chi connectivity index (χ3v) is 5.51. The number of halogens is 1. The van der Waals surface area contributed by atoms with Crippen LogP contribution in [0, 0.1) is 0 Å². The Morgan fingerprint density at radius 1 is 1.16 bits per heavy atom. The number of benzene rings is 1. The molecule has 1 saturated carbocycles. The van der Waals surface area contributed by atoms with E-state index in [2.05, 4.69) is 22.0 Å². The normalized spacial score (nSPS) is 16.9. The molecule has 2 nitrogen and oxygen atoms in total. The van der Waals surface area contributed by atoms with Crippen molar-refractivity contribution in [3.05, 3.63) is 39.2 Å². The lowest BCUT2D eigenvalue weighted by Crippen LogP contribution is -2.07. The zero-order valence-corrected chi connectivity index (χ0v) is 12.9. The number of hydrogen-bond acceptors (Lipinski definition) is 3. The molecule has 3 rings (SSSR count). The van der Waals surface area contributed by atoms with Gasteiger partial charge in [0.1, 0.15) is 5.58 Å². The van der Waals surface area contributed by atoms with Crippen LogP contribution in [0.3, 0.4) is 0 Å². The third kappa shape index (κ3) is 3.06. The van der Waals surface area contributed by atoms with Gasteiger partial charge in [-0.25, -0.2) is 4.79 Å². The SMILES string of the molecule is O=c1cc(Br)c2ccc(SC3CCCCC3)cc2o1. The highest BCUT2D eigenvalue weighted by atomic mass is 79.9.